The largest absolute Gasteiger partial charge is 0.573 e. The lowest BCUT2D eigenvalue weighted by Gasteiger charge is -2.31. The molecular weight excluding hydrogens is 324 g/mol. The smallest absolute Gasteiger partial charge is 0.405 e. The summed E-state index contributed by atoms with van der Waals surface area (Å²) in [5.74, 6) is -0.515. The van der Waals surface area contributed by atoms with E-state index in [-0.39, 0.29) is 11.5 Å². The molecule has 1 amide bonds. The lowest BCUT2D eigenvalue weighted by molar-refractivity contribution is -0.275. The van der Waals surface area contributed by atoms with Gasteiger partial charge in [-0.25, -0.2) is 4.39 Å². The van der Waals surface area contributed by atoms with Gasteiger partial charge in [0.15, 0.2) is 0 Å². The van der Waals surface area contributed by atoms with Crippen LogP contribution in [0, 0.1) is 5.82 Å². The molecule has 0 radical (unpaired) electrons. The maximum Gasteiger partial charge on any atom is 0.573 e. The molecule has 2 atom stereocenters. The third-order valence-electron chi connectivity index (χ3n) is 3.60. The van der Waals surface area contributed by atoms with Gasteiger partial charge >= 0.3 is 6.36 Å². The molecule has 0 unspecified atom stereocenters. The second-order valence-electron chi connectivity index (χ2n) is 4.94. The van der Waals surface area contributed by atoms with Gasteiger partial charge < -0.3 is 10.1 Å². The van der Waals surface area contributed by atoms with Crippen molar-refractivity contribution in [3.8, 4) is 5.75 Å². The number of alkyl halides is 3. The maximum absolute atomic E-state index is 14.1. The highest BCUT2D eigenvalue weighted by Gasteiger charge is 2.45. The van der Waals surface area contributed by atoms with Crippen molar-refractivity contribution < 1.29 is 27.1 Å². The number of fused-ring (bicyclic) bond motifs is 1. The van der Waals surface area contributed by atoms with Crippen molar-refractivity contribution in [2.75, 3.05) is 18.1 Å². The molecule has 9 heteroatoms. The molecule has 1 N–H and O–H groups in total. The molecule has 2 fully saturated rings. The molecule has 2 aliphatic rings. The molecule has 2 saturated heterocycles. The van der Waals surface area contributed by atoms with E-state index >= 15 is 0 Å². The van der Waals surface area contributed by atoms with Crippen molar-refractivity contribution in [1.29, 1.82) is 0 Å². The first-order valence-electron chi connectivity index (χ1n) is 6.55. The van der Waals surface area contributed by atoms with E-state index in [9.17, 15) is 22.4 Å². The molecule has 0 aromatic heterocycles. The van der Waals surface area contributed by atoms with Gasteiger partial charge in [-0.2, -0.15) is 11.8 Å². The summed E-state index contributed by atoms with van der Waals surface area (Å²) in [5.41, 5.74) is -0.289. The quantitative estimate of drug-likeness (QED) is 0.842. The summed E-state index contributed by atoms with van der Waals surface area (Å²) in [4.78, 5) is 13.6. The molecule has 1 aromatic carbocycles. The second kappa shape index (κ2) is 5.62. The van der Waals surface area contributed by atoms with E-state index in [0.717, 1.165) is 24.0 Å². The number of nitrogens with zero attached hydrogens (tertiary/aromatic N) is 1. The van der Waals surface area contributed by atoms with Crippen molar-refractivity contribution in [2.45, 2.75) is 18.6 Å². The maximum atomic E-state index is 14.1. The molecule has 22 heavy (non-hydrogen) atoms. The minimum absolute atomic E-state index is 0.289. The lowest BCUT2D eigenvalue weighted by Crippen LogP contribution is -2.41. The predicted octanol–water partition coefficient (Wildman–Crippen LogP) is 2.27. The molecular formula is C13H12F4N2O2S. The van der Waals surface area contributed by atoms with Gasteiger partial charge in [-0.05, 0) is 12.1 Å². The van der Waals surface area contributed by atoms with Crippen molar-refractivity contribution in [3.63, 3.8) is 0 Å². The number of carbonyl (C=O) groups excluding carboxylic acids is 1. The summed E-state index contributed by atoms with van der Waals surface area (Å²) in [6.45, 7) is 0.485. The number of amides is 1. The normalized spacial score (nSPS) is 25.7. The molecule has 120 valence electrons. The Hall–Kier alpha value is -1.48. The molecule has 1 aromatic rings. The van der Waals surface area contributed by atoms with E-state index in [1.54, 1.807) is 16.7 Å². The number of nitrogens with one attached hydrogen (secondary N) is 1. The fourth-order valence-electron chi connectivity index (χ4n) is 2.70. The van der Waals surface area contributed by atoms with Crippen LogP contribution in [0.1, 0.15) is 11.7 Å². The van der Waals surface area contributed by atoms with Crippen LogP contribution in [0.5, 0.6) is 5.75 Å². The summed E-state index contributed by atoms with van der Waals surface area (Å²) in [6.07, 6.45) is -5.88. The van der Waals surface area contributed by atoms with Gasteiger partial charge in [0.05, 0.1) is 5.56 Å². The Balaban J connectivity index is 1.99. The number of hydrogen-bond donors (Lipinski definition) is 1. The second-order valence-corrected chi connectivity index (χ2v) is 6.09. The summed E-state index contributed by atoms with van der Waals surface area (Å²) < 4.78 is 55.6. The molecule has 0 aliphatic carbocycles. The van der Waals surface area contributed by atoms with Gasteiger partial charge in [-0.1, -0.05) is 6.07 Å². The predicted molar refractivity (Wildman–Crippen MR) is 71.8 cm³/mol. The summed E-state index contributed by atoms with van der Waals surface area (Å²) in [7, 11) is 0. The first-order chi connectivity index (χ1) is 10.4. The molecule has 0 saturated carbocycles. The van der Waals surface area contributed by atoms with Gasteiger partial charge in [-0.3, -0.25) is 9.69 Å². The van der Waals surface area contributed by atoms with Crippen LogP contribution < -0.4 is 10.1 Å². The number of rotatable bonds is 2. The van der Waals surface area contributed by atoms with E-state index in [1.165, 1.54) is 0 Å². The molecule has 4 nitrogen and oxygen atoms in total. The summed E-state index contributed by atoms with van der Waals surface area (Å²) >= 11 is 1.58. The van der Waals surface area contributed by atoms with E-state index in [1.807, 2.05) is 0 Å². The average molecular weight is 336 g/mol. The zero-order valence-electron chi connectivity index (χ0n) is 11.2. The topological polar surface area (TPSA) is 41.6 Å². The van der Waals surface area contributed by atoms with Gasteiger partial charge in [0.25, 0.3) is 0 Å². The van der Waals surface area contributed by atoms with Crippen LogP contribution >= 0.6 is 11.8 Å². The first kappa shape index (κ1) is 15.4. The molecule has 0 spiro atoms. The van der Waals surface area contributed by atoms with Crippen LogP contribution in [-0.4, -0.2) is 41.3 Å². The molecule has 3 rings (SSSR count). The number of hydrogen-bond acceptors (Lipinski definition) is 4. The SMILES string of the molecule is O=C1N[C@H](c2c(F)cccc2OC(F)(F)F)N2CCSC[C@H]12. The van der Waals surface area contributed by atoms with Crippen LogP contribution in [0.2, 0.25) is 0 Å². The molecule has 2 aliphatic heterocycles. The van der Waals surface area contributed by atoms with Crippen LogP contribution in [0.3, 0.4) is 0 Å². The highest BCUT2D eigenvalue weighted by molar-refractivity contribution is 7.99. The van der Waals surface area contributed by atoms with Crippen LogP contribution in [0.4, 0.5) is 17.6 Å². The Morgan fingerprint density at radius 1 is 1.36 bits per heavy atom. The zero-order valence-corrected chi connectivity index (χ0v) is 12.0. The van der Waals surface area contributed by atoms with E-state index < -0.39 is 30.1 Å². The highest BCUT2D eigenvalue weighted by atomic mass is 32.2. The molecule has 2 heterocycles. The summed E-state index contributed by atoms with van der Waals surface area (Å²) in [6, 6.07) is 2.78. The Morgan fingerprint density at radius 3 is 2.86 bits per heavy atom. The third-order valence-corrected chi connectivity index (χ3v) is 4.62. The monoisotopic (exact) mass is 336 g/mol. The van der Waals surface area contributed by atoms with Crippen molar-refractivity contribution in [3.05, 3.63) is 29.6 Å². The Morgan fingerprint density at radius 2 is 2.14 bits per heavy atom. The number of halogens is 4. The molecule has 0 bridgehead atoms. The number of carbonyl (C=O) groups is 1. The lowest BCUT2D eigenvalue weighted by atomic mass is 10.1. The van der Waals surface area contributed by atoms with Crippen LogP contribution in [0.25, 0.3) is 0 Å². The Kier molecular flexibility index (Phi) is 3.94. The third kappa shape index (κ3) is 2.87. The van der Waals surface area contributed by atoms with E-state index in [0.29, 0.717) is 12.3 Å². The number of benzene rings is 1. The van der Waals surface area contributed by atoms with Gasteiger partial charge in [0.2, 0.25) is 5.91 Å². The standard InChI is InChI=1S/C13H12F4N2O2S/c14-7-2-1-3-9(21-13(15,16)17)10(7)11-18-12(20)8-6-22-5-4-19(8)11/h1-3,8,11H,4-6H2,(H,18,20)/t8-,11+/m1/s1. The minimum Gasteiger partial charge on any atom is -0.405 e. The highest BCUT2D eigenvalue weighted by Crippen LogP contribution is 2.38. The fourth-order valence-corrected chi connectivity index (χ4v) is 3.77. The van der Waals surface area contributed by atoms with Crippen LogP contribution in [-0.2, 0) is 4.79 Å². The van der Waals surface area contributed by atoms with Gasteiger partial charge in [0.1, 0.15) is 23.8 Å². The zero-order chi connectivity index (χ0) is 15.9. The number of ether oxygens (including phenoxy) is 1. The first-order valence-corrected chi connectivity index (χ1v) is 7.70. The van der Waals surface area contributed by atoms with Crippen molar-refractivity contribution in [1.82, 2.24) is 10.2 Å². The summed E-state index contributed by atoms with van der Waals surface area (Å²) in [5, 5.41) is 2.57. The Bertz CT molecular complexity index is 596. The minimum atomic E-state index is -4.93. The van der Waals surface area contributed by atoms with Crippen molar-refractivity contribution in [2.24, 2.45) is 0 Å². The Labute approximate surface area is 127 Å². The van der Waals surface area contributed by atoms with E-state index in [4.69, 9.17) is 0 Å². The van der Waals surface area contributed by atoms with Crippen molar-refractivity contribution >= 4 is 17.7 Å². The number of thioether (sulfide) groups is 1. The van der Waals surface area contributed by atoms with E-state index in [2.05, 4.69) is 10.1 Å². The van der Waals surface area contributed by atoms with Gasteiger partial charge in [-0.15, -0.1) is 13.2 Å². The fraction of sp³-hybridized carbons (Fsp3) is 0.462. The van der Waals surface area contributed by atoms with Crippen LogP contribution in [0.15, 0.2) is 18.2 Å². The average Bonchev–Trinajstić information content (AvgIpc) is 2.75. The van der Waals surface area contributed by atoms with Gasteiger partial charge in [0, 0.05) is 18.1 Å².